The molecule has 1 rings (SSSR count). The van der Waals surface area contributed by atoms with E-state index in [2.05, 4.69) is 0 Å². The van der Waals surface area contributed by atoms with Gasteiger partial charge in [0.15, 0.2) is 0 Å². The van der Waals surface area contributed by atoms with Crippen LogP contribution < -0.4 is 0 Å². The molecule has 3 heteroatoms. The summed E-state index contributed by atoms with van der Waals surface area (Å²) < 4.78 is 0. The Hall–Kier alpha value is 0.270. The molecule has 2 unspecified atom stereocenters. The number of aliphatic hydroxyl groups excluding tert-OH is 2. The minimum Gasteiger partial charge on any atom is -0.395 e. The van der Waals surface area contributed by atoms with Gasteiger partial charge in [-0.25, -0.2) is 0 Å². The molecule has 0 aromatic carbocycles. The summed E-state index contributed by atoms with van der Waals surface area (Å²) in [5.41, 5.74) is 0. The van der Waals surface area contributed by atoms with Crippen molar-refractivity contribution in [1.29, 1.82) is 0 Å². The Morgan fingerprint density at radius 1 is 1.10 bits per heavy atom. The summed E-state index contributed by atoms with van der Waals surface area (Å²) in [6.07, 6.45) is 3.37. The van der Waals surface area contributed by atoms with E-state index in [0.717, 1.165) is 19.3 Å². The van der Waals surface area contributed by atoms with Gasteiger partial charge in [0.2, 0.25) is 0 Å². The van der Waals surface area contributed by atoms with Crippen molar-refractivity contribution in [3.8, 4) is 0 Å². The molecule has 1 aliphatic heterocycles. The molecule has 0 spiro atoms. The molecule has 2 N–H and O–H groups in total. The average molecular weight is 162 g/mol. The van der Waals surface area contributed by atoms with Gasteiger partial charge in [0.05, 0.1) is 13.2 Å². The molecule has 60 valence electrons. The molecule has 1 heterocycles. The number of hydrogen-bond acceptors (Lipinski definition) is 3. The standard InChI is InChI=1S/C7H14O2S/c8-4-6-2-1-3-7(5-9)10-6/h6-9H,1-5H2. The van der Waals surface area contributed by atoms with E-state index < -0.39 is 0 Å². The van der Waals surface area contributed by atoms with Gasteiger partial charge >= 0.3 is 0 Å². The first-order chi connectivity index (χ1) is 4.86. The van der Waals surface area contributed by atoms with E-state index in [1.807, 2.05) is 0 Å². The van der Waals surface area contributed by atoms with Gasteiger partial charge in [0.25, 0.3) is 0 Å². The molecule has 0 aliphatic carbocycles. The summed E-state index contributed by atoms with van der Waals surface area (Å²) in [4.78, 5) is 0. The highest BCUT2D eigenvalue weighted by Crippen LogP contribution is 2.30. The molecule has 2 atom stereocenters. The molecule has 1 aliphatic rings. The van der Waals surface area contributed by atoms with Gasteiger partial charge in [-0.3, -0.25) is 0 Å². The largest absolute Gasteiger partial charge is 0.395 e. The minimum atomic E-state index is 0.265. The maximum absolute atomic E-state index is 8.80. The summed E-state index contributed by atoms with van der Waals surface area (Å²) in [5.74, 6) is 0. The number of rotatable bonds is 2. The van der Waals surface area contributed by atoms with E-state index in [1.165, 1.54) is 0 Å². The third-order valence-corrected chi connectivity index (χ3v) is 3.38. The van der Waals surface area contributed by atoms with Crippen molar-refractivity contribution in [2.45, 2.75) is 29.8 Å². The van der Waals surface area contributed by atoms with Crippen LogP contribution in [0.4, 0.5) is 0 Å². The average Bonchev–Trinajstić information content (AvgIpc) is 2.05. The Balaban J connectivity index is 2.25. The van der Waals surface area contributed by atoms with Crippen LogP contribution in [0.5, 0.6) is 0 Å². The third-order valence-electron chi connectivity index (χ3n) is 1.84. The molecular formula is C7H14O2S. The van der Waals surface area contributed by atoms with Crippen LogP contribution in [0.3, 0.4) is 0 Å². The van der Waals surface area contributed by atoms with E-state index in [0.29, 0.717) is 10.5 Å². The van der Waals surface area contributed by atoms with E-state index in [-0.39, 0.29) is 13.2 Å². The van der Waals surface area contributed by atoms with Crippen LogP contribution in [0.2, 0.25) is 0 Å². The Bertz CT molecular complexity index is 87.6. The predicted octanol–water partition coefficient (Wildman–Crippen LogP) is 0.625. The van der Waals surface area contributed by atoms with Crippen molar-refractivity contribution in [3.63, 3.8) is 0 Å². The van der Waals surface area contributed by atoms with Gasteiger partial charge in [-0.2, -0.15) is 11.8 Å². The van der Waals surface area contributed by atoms with E-state index >= 15 is 0 Å². The normalized spacial score (nSPS) is 34.2. The maximum Gasteiger partial charge on any atom is 0.0550 e. The Morgan fingerprint density at radius 2 is 1.60 bits per heavy atom. The molecule has 1 saturated heterocycles. The van der Waals surface area contributed by atoms with Crippen LogP contribution in [0.1, 0.15) is 19.3 Å². The predicted molar refractivity (Wildman–Crippen MR) is 43.2 cm³/mol. The van der Waals surface area contributed by atoms with Gasteiger partial charge in [0, 0.05) is 10.5 Å². The Labute approximate surface area is 65.6 Å². The lowest BCUT2D eigenvalue weighted by molar-refractivity contribution is 0.267. The topological polar surface area (TPSA) is 40.5 Å². The zero-order valence-electron chi connectivity index (χ0n) is 5.99. The van der Waals surface area contributed by atoms with E-state index in [4.69, 9.17) is 10.2 Å². The lowest BCUT2D eigenvalue weighted by Crippen LogP contribution is -2.22. The van der Waals surface area contributed by atoms with Crippen molar-refractivity contribution in [2.24, 2.45) is 0 Å². The van der Waals surface area contributed by atoms with Crippen LogP contribution in [0.15, 0.2) is 0 Å². The summed E-state index contributed by atoms with van der Waals surface area (Å²) in [6.45, 7) is 0.530. The highest BCUT2D eigenvalue weighted by Gasteiger charge is 2.20. The van der Waals surface area contributed by atoms with Gasteiger partial charge in [-0.15, -0.1) is 0 Å². The fourth-order valence-electron chi connectivity index (χ4n) is 1.25. The monoisotopic (exact) mass is 162 g/mol. The second-order valence-corrected chi connectivity index (χ2v) is 4.28. The number of aliphatic hydroxyl groups is 2. The van der Waals surface area contributed by atoms with Crippen LogP contribution in [-0.2, 0) is 0 Å². The summed E-state index contributed by atoms with van der Waals surface area (Å²) in [7, 11) is 0. The van der Waals surface area contributed by atoms with Crippen molar-refractivity contribution in [3.05, 3.63) is 0 Å². The first-order valence-corrected chi connectivity index (χ1v) is 4.68. The first-order valence-electron chi connectivity index (χ1n) is 3.74. The van der Waals surface area contributed by atoms with Crippen LogP contribution >= 0.6 is 11.8 Å². The molecule has 0 saturated carbocycles. The minimum absolute atomic E-state index is 0.265. The van der Waals surface area contributed by atoms with Gasteiger partial charge in [-0.1, -0.05) is 6.42 Å². The van der Waals surface area contributed by atoms with Crippen molar-refractivity contribution in [1.82, 2.24) is 0 Å². The molecule has 1 fully saturated rings. The molecule has 0 bridgehead atoms. The highest BCUT2D eigenvalue weighted by molar-refractivity contribution is 8.00. The van der Waals surface area contributed by atoms with Gasteiger partial charge in [-0.05, 0) is 12.8 Å². The number of thioether (sulfide) groups is 1. The van der Waals surface area contributed by atoms with Crippen molar-refractivity contribution < 1.29 is 10.2 Å². The van der Waals surface area contributed by atoms with Crippen LogP contribution in [-0.4, -0.2) is 33.9 Å². The summed E-state index contributed by atoms with van der Waals surface area (Å²) >= 11 is 1.73. The molecule has 0 radical (unpaired) electrons. The smallest absolute Gasteiger partial charge is 0.0550 e. The molecular weight excluding hydrogens is 148 g/mol. The number of hydrogen-bond donors (Lipinski definition) is 2. The lowest BCUT2D eigenvalue weighted by atomic mass is 10.1. The Morgan fingerprint density at radius 3 is 2.00 bits per heavy atom. The fourth-order valence-corrected chi connectivity index (χ4v) is 2.57. The van der Waals surface area contributed by atoms with Crippen LogP contribution in [0, 0.1) is 0 Å². The zero-order valence-corrected chi connectivity index (χ0v) is 6.81. The second kappa shape index (κ2) is 4.21. The maximum atomic E-state index is 8.80. The van der Waals surface area contributed by atoms with E-state index in [1.54, 1.807) is 11.8 Å². The molecule has 0 amide bonds. The van der Waals surface area contributed by atoms with Gasteiger partial charge < -0.3 is 10.2 Å². The Kier molecular flexibility index (Phi) is 3.52. The highest BCUT2D eigenvalue weighted by atomic mass is 32.2. The quantitative estimate of drug-likeness (QED) is 0.625. The lowest BCUT2D eigenvalue weighted by Gasteiger charge is -2.25. The SMILES string of the molecule is OCC1CCCC(CO)S1. The van der Waals surface area contributed by atoms with E-state index in [9.17, 15) is 0 Å². The third kappa shape index (κ3) is 2.15. The summed E-state index contributed by atoms with van der Waals surface area (Å²) in [5, 5.41) is 18.4. The first kappa shape index (κ1) is 8.37. The fraction of sp³-hybridized carbons (Fsp3) is 1.00. The van der Waals surface area contributed by atoms with Gasteiger partial charge in [0.1, 0.15) is 0 Å². The zero-order chi connectivity index (χ0) is 7.40. The molecule has 0 aromatic heterocycles. The van der Waals surface area contributed by atoms with Crippen molar-refractivity contribution in [2.75, 3.05) is 13.2 Å². The van der Waals surface area contributed by atoms with Crippen LogP contribution in [0.25, 0.3) is 0 Å². The summed E-state index contributed by atoms with van der Waals surface area (Å²) in [6, 6.07) is 0. The molecule has 2 nitrogen and oxygen atoms in total. The second-order valence-electron chi connectivity index (χ2n) is 2.68. The molecule has 10 heavy (non-hydrogen) atoms. The molecule has 0 aromatic rings. The van der Waals surface area contributed by atoms with Crippen molar-refractivity contribution >= 4 is 11.8 Å².